The van der Waals surface area contributed by atoms with Crippen molar-refractivity contribution in [1.82, 2.24) is 0 Å². The molecule has 0 amide bonds. The summed E-state index contributed by atoms with van der Waals surface area (Å²) in [6.45, 7) is 1.89. The number of hydrogen-bond acceptors (Lipinski definition) is 0. The van der Waals surface area contributed by atoms with Gasteiger partial charge in [-0.05, 0) is 37.0 Å². The zero-order chi connectivity index (χ0) is 12.3. The Balaban J connectivity index is 0.000000249. The first kappa shape index (κ1) is 13.1. The van der Waals surface area contributed by atoms with Crippen LogP contribution >= 0.6 is 0 Å². The molecule has 0 heteroatoms. The number of terminal acetylenes is 1. The van der Waals surface area contributed by atoms with Gasteiger partial charge in [-0.1, -0.05) is 60.6 Å². The molecule has 0 bridgehead atoms. The van der Waals surface area contributed by atoms with Crippen molar-refractivity contribution in [2.24, 2.45) is 0 Å². The van der Waals surface area contributed by atoms with Crippen LogP contribution < -0.4 is 0 Å². The van der Waals surface area contributed by atoms with Crippen molar-refractivity contribution in [3.8, 4) is 12.3 Å². The van der Waals surface area contributed by atoms with Crippen LogP contribution in [0.2, 0.25) is 0 Å². The van der Waals surface area contributed by atoms with Gasteiger partial charge in [0.1, 0.15) is 0 Å². The molecule has 0 saturated carbocycles. The van der Waals surface area contributed by atoms with Crippen LogP contribution in [0.1, 0.15) is 25.3 Å². The van der Waals surface area contributed by atoms with Crippen molar-refractivity contribution in [1.29, 1.82) is 0 Å². The van der Waals surface area contributed by atoms with E-state index >= 15 is 0 Å². The molecule has 0 N–H and O–H groups in total. The molecule has 0 saturated heterocycles. The van der Waals surface area contributed by atoms with Crippen molar-refractivity contribution < 1.29 is 0 Å². The maximum absolute atomic E-state index is 4.80. The second-order valence-electron chi connectivity index (χ2n) is 3.67. The number of hydrogen-bond donors (Lipinski definition) is 0. The fourth-order valence-electron chi connectivity index (χ4n) is 1.55. The molecule has 0 spiro atoms. The van der Waals surface area contributed by atoms with E-state index in [-0.39, 0.29) is 0 Å². The summed E-state index contributed by atoms with van der Waals surface area (Å²) in [5.41, 5.74) is 2.69. The molecule has 1 aliphatic rings. The van der Waals surface area contributed by atoms with E-state index < -0.39 is 0 Å². The quantitative estimate of drug-likeness (QED) is 0.608. The molecule has 0 heterocycles. The Labute approximate surface area is 104 Å². The fraction of sp³-hybridized carbons (Fsp3) is 0.176. The molecular weight excluding hydrogens is 204 g/mol. The van der Waals surface area contributed by atoms with Gasteiger partial charge in [-0.15, -0.1) is 6.42 Å². The lowest BCUT2D eigenvalue weighted by atomic mass is 10.00. The predicted octanol–water partition coefficient (Wildman–Crippen LogP) is 4.62. The first-order chi connectivity index (χ1) is 8.38. The first-order valence-corrected chi connectivity index (χ1v) is 5.88. The number of allylic oxidation sites excluding steroid dienone is 6. The highest BCUT2D eigenvalue weighted by Gasteiger charge is 1.98. The molecule has 1 aliphatic carbocycles. The van der Waals surface area contributed by atoms with Gasteiger partial charge in [-0.2, -0.15) is 0 Å². The summed E-state index contributed by atoms with van der Waals surface area (Å²) in [6, 6.07) is 10.5. The predicted molar refractivity (Wildman–Crippen MR) is 76.4 cm³/mol. The van der Waals surface area contributed by atoms with E-state index in [1.165, 1.54) is 24.0 Å². The van der Waals surface area contributed by atoms with Crippen molar-refractivity contribution in [3.05, 3.63) is 66.3 Å². The highest BCUT2D eigenvalue weighted by atomic mass is 14.0. The van der Waals surface area contributed by atoms with E-state index in [0.717, 1.165) is 0 Å². The second kappa shape index (κ2) is 8.19. The Hall–Kier alpha value is -2.00. The van der Waals surface area contributed by atoms with Crippen molar-refractivity contribution in [3.63, 3.8) is 0 Å². The highest BCUT2D eigenvalue weighted by Crippen LogP contribution is 2.20. The van der Waals surface area contributed by atoms with Crippen LogP contribution in [-0.4, -0.2) is 0 Å². The molecular formula is C17H18. The van der Waals surface area contributed by atoms with E-state index in [9.17, 15) is 0 Å². The Kier molecular flexibility index (Phi) is 6.29. The van der Waals surface area contributed by atoms with Gasteiger partial charge in [0.2, 0.25) is 0 Å². The third-order valence-corrected chi connectivity index (χ3v) is 2.37. The number of benzene rings is 1. The van der Waals surface area contributed by atoms with Crippen LogP contribution in [0, 0.1) is 12.3 Å². The Bertz CT molecular complexity index is 439. The maximum atomic E-state index is 4.80. The topological polar surface area (TPSA) is 0 Å². The molecule has 0 fully saturated rings. The summed E-state index contributed by atoms with van der Waals surface area (Å²) in [5, 5.41) is 0. The van der Waals surface area contributed by atoms with Crippen molar-refractivity contribution in [2.45, 2.75) is 19.8 Å². The van der Waals surface area contributed by atoms with Crippen LogP contribution in [0.3, 0.4) is 0 Å². The van der Waals surface area contributed by atoms with Gasteiger partial charge < -0.3 is 0 Å². The molecule has 86 valence electrons. The monoisotopic (exact) mass is 222 g/mol. The normalized spacial score (nSPS) is 13.5. The molecule has 0 aromatic heterocycles. The minimum atomic E-state index is 1.18. The van der Waals surface area contributed by atoms with Gasteiger partial charge in [0.05, 0.1) is 0 Å². The summed E-state index contributed by atoms with van der Waals surface area (Å²) in [4.78, 5) is 0. The Morgan fingerprint density at radius 1 is 1.18 bits per heavy atom. The van der Waals surface area contributed by atoms with Gasteiger partial charge in [0, 0.05) is 0 Å². The Morgan fingerprint density at radius 2 is 1.94 bits per heavy atom. The lowest BCUT2D eigenvalue weighted by Crippen LogP contribution is -1.84. The first-order valence-electron chi connectivity index (χ1n) is 5.88. The van der Waals surface area contributed by atoms with Gasteiger partial charge >= 0.3 is 0 Å². The van der Waals surface area contributed by atoms with E-state index in [1.807, 2.05) is 13.0 Å². The zero-order valence-corrected chi connectivity index (χ0v) is 10.3. The molecule has 0 unspecified atom stereocenters. The number of rotatable bonds is 1. The van der Waals surface area contributed by atoms with Gasteiger partial charge in [-0.3, -0.25) is 0 Å². The second-order valence-corrected chi connectivity index (χ2v) is 3.67. The molecule has 1 aromatic carbocycles. The zero-order valence-electron chi connectivity index (χ0n) is 10.3. The minimum absolute atomic E-state index is 1.18. The summed E-state index contributed by atoms with van der Waals surface area (Å²) in [7, 11) is 0. The average molecular weight is 222 g/mol. The molecule has 1 aromatic rings. The van der Waals surface area contributed by atoms with Crippen LogP contribution in [-0.2, 0) is 0 Å². The fourth-order valence-corrected chi connectivity index (χ4v) is 1.55. The van der Waals surface area contributed by atoms with Crippen LogP contribution in [0.5, 0.6) is 0 Å². The smallest absolute Gasteiger partial charge is 0.0164 e. The third-order valence-electron chi connectivity index (χ3n) is 2.37. The molecule has 0 radical (unpaired) electrons. The third kappa shape index (κ3) is 5.04. The highest BCUT2D eigenvalue weighted by molar-refractivity contribution is 5.74. The summed E-state index contributed by atoms with van der Waals surface area (Å²) in [6.07, 6.45) is 17.4. The standard InChI is InChI=1S/C12H12.C5H6/c1-3-7-11(8-4-1)12-9-5-2-6-10-12;1-3-5-4-2/h1,3-5,7-10H,2,6H2;1,4-5H,2H3/b;5-4+. The van der Waals surface area contributed by atoms with E-state index in [0.29, 0.717) is 0 Å². The molecule has 0 atom stereocenters. The largest absolute Gasteiger partial charge is 0.115 e. The summed E-state index contributed by atoms with van der Waals surface area (Å²) >= 11 is 0. The van der Waals surface area contributed by atoms with E-state index in [2.05, 4.69) is 54.5 Å². The average Bonchev–Trinajstić information content (AvgIpc) is 2.42. The molecule has 2 rings (SSSR count). The van der Waals surface area contributed by atoms with Gasteiger partial charge in [0.25, 0.3) is 0 Å². The van der Waals surface area contributed by atoms with Crippen LogP contribution in [0.25, 0.3) is 5.57 Å². The lowest BCUT2D eigenvalue weighted by Gasteiger charge is -2.05. The van der Waals surface area contributed by atoms with Crippen molar-refractivity contribution in [2.75, 3.05) is 0 Å². The summed E-state index contributed by atoms with van der Waals surface area (Å²) < 4.78 is 0. The van der Waals surface area contributed by atoms with Gasteiger partial charge in [-0.25, -0.2) is 0 Å². The molecule has 0 aliphatic heterocycles. The maximum Gasteiger partial charge on any atom is -0.0164 e. The van der Waals surface area contributed by atoms with Crippen LogP contribution in [0.15, 0.2) is 60.7 Å². The van der Waals surface area contributed by atoms with E-state index in [4.69, 9.17) is 6.42 Å². The minimum Gasteiger partial charge on any atom is -0.115 e. The SMILES string of the molecule is C#C/C=C/C.C1=CC(c2ccccc2)=CCC1. The van der Waals surface area contributed by atoms with Crippen LogP contribution in [0.4, 0.5) is 0 Å². The Morgan fingerprint density at radius 3 is 2.41 bits per heavy atom. The van der Waals surface area contributed by atoms with E-state index in [1.54, 1.807) is 6.08 Å². The van der Waals surface area contributed by atoms with Crippen molar-refractivity contribution >= 4 is 5.57 Å². The summed E-state index contributed by atoms with van der Waals surface area (Å²) in [5.74, 6) is 2.34. The molecule has 0 nitrogen and oxygen atoms in total. The van der Waals surface area contributed by atoms with Gasteiger partial charge in [0.15, 0.2) is 0 Å². The lowest BCUT2D eigenvalue weighted by molar-refractivity contribution is 1.04. The molecule has 17 heavy (non-hydrogen) atoms.